The van der Waals surface area contributed by atoms with Gasteiger partial charge in [-0.15, -0.1) is 0 Å². The lowest BCUT2D eigenvalue weighted by molar-refractivity contribution is -0.136. The molecule has 34 heavy (non-hydrogen) atoms. The van der Waals surface area contributed by atoms with E-state index in [0.717, 1.165) is 12.0 Å². The van der Waals surface area contributed by atoms with Crippen molar-refractivity contribution in [3.05, 3.63) is 95.7 Å². The molecule has 0 bridgehead atoms. The molecule has 4 rings (SSSR count). The van der Waals surface area contributed by atoms with Gasteiger partial charge in [-0.2, -0.15) is 0 Å². The van der Waals surface area contributed by atoms with Crippen molar-refractivity contribution >= 4 is 23.1 Å². The van der Waals surface area contributed by atoms with E-state index in [1.807, 2.05) is 61.5 Å². The average Bonchev–Trinajstić information content (AvgIpc) is 3.11. The van der Waals surface area contributed by atoms with Crippen molar-refractivity contribution in [1.29, 1.82) is 0 Å². The summed E-state index contributed by atoms with van der Waals surface area (Å²) in [6.45, 7) is 2.95. The Morgan fingerprint density at radius 2 is 1.62 bits per heavy atom. The predicted octanol–water partition coefficient (Wildman–Crippen LogP) is 4.92. The molecule has 6 nitrogen and oxygen atoms in total. The first-order valence-corrected chi connectivity index (χ1v) is 11.4. The molecule has 1 heterocycles. The fourth-order valence-electron chi connectivity index (χ4n) is 3.83. The van der Waals surface area contributed by atoms with Crippen LogP contribution in [0.5, 0.6) is 11.5 Å². The number of nitrogens with one attached hydrogen (secondary N) is 1. The van der Waals surface area contributed by atoms with Gasteiger partial charge in [0.25, 0.3) is 11.8 Å². The number of methoxy groups -OCH3 is 1. The van der Waals surface area contributed by atoms with Crippen molar-refractivity contribution in [2.24, 2.45) is 0 Å². The van der Waals surface area contributed by atoms with Crippen LogP contribution in [0.2, 0.25) is 0 Å². The molecular weight excluding hydrogens is 428 g/mol. The van der Waals surface area contributed by atoms with Crippen LogP contribution in [0.3, 0.4) is 0 Å². The minimum Gasteiger partial charge on any atom is -0.497 e. The Labute approximate surface area is 199 Å². The number of carbonyl (C=O) groups excluding carboxylic acids is 2. The Hall–Kier alpha value is -4.06. The Balaban J connectivity index is 1.65. The van der Waals surface area contributed by atoms with Crippen LogP contribution < -0.4 is 14.8 Å². The normalized spacial score (nSPS) is 13.4. The molecule has 0 unspecified atom stereocenters. The van der Waals surface area contributed by atoms with Crippen LogP contribution in [0, 0.1) is 0 Å². The summed E-state index contributed by atoms with van der Waals surface area (Å²) in [5.74, 6) is 0.729. The van der Waals surface area contributed by atoms with Gasteiger partial charge in [0, 0.05) is 18.3 Å². The molecule has 0 aromatic heterocycles. The van der Waals surface area contributed by atoms with Gasteiger partial charge in [-0.05, 0) is 48.2 Å². The van der Waals surface area contributed by atoms with E-state index in [1.165, 1.54) is 4.90 Å². The van der Waals surface area contributed by atoms with E-state index in [0.29, 0.717) is 47.9 Å². The van der Waals surface area contributed by atoms with Crippen LogP contribution in [0.4, 0.5) is 5.69 Å². The molecular formula is C28H28N2O4. The first kappa shape index (κ1) is 23.1. The van der Waals surface area contributed by atoms with E-state index in [2.05, 4.69) is 5.32 Å². The Morgan fingerprint density at radius 3 is 2.32 bits per heavy atom. The zero-order valence-electron chi connectivity index (χ0n) is 19.4. The topological polar surface area (TPSA) is 67.9 Å². The van der Waals surface area contributed by atoms with E-state index in [9.17, 15) is 9.59 Å². The van der Waals surface area contributed by atoms with Gasteiger partial charge in [0.15, 0.2) is 0 Å². The smallest absolute Gasteiger partial charge is 0.278 e. The number of hydrogen-bond acceptors (Lipinski definition) is 5. The van der Waals surface area contributed by atoms with E-state index in [-0.39, 0.29) is 17.5 Å². The van der Waals surface area contributed by atoms with Crippen molar-refractivity contribution < 1.29 is 19.1 Å². The van der Waals surface area contributed by atoms with Gasteiger partial charge in [-0.1, -0.05) is 55.5 Å². The molecule has 3 aromatic rings. The first-order chi connectivity index (χ1) is 16.6. The largest absolute Gasteiger partial charge is 0.497 e. The Kier molecular flexibility index (Phi) is 7.28. The highest BCUT2D eigenvalue weighted by molar-refractivity contribution is 6.36. The van der Waals surface area contributed by atoms with Gasteiger partial charge in [-0.3, -0.25) is 14.5 Å². The van der Waals surface area contributed by atoms with Crippen molar-refractivity contribution in [3.8, 4) is 11.5 Å². The summed E-state index contributed by atoms with van der Waals surface area (Å²) in [6.07, 6.45) is 1.48. The first-order valence-electron chi connectivity index (χ1n) is 11.4. The van der Waals surface area contributed by atoms with Gasteiger partial charge >= 0.3 is 0 Å². The van der Waals surface area contributed by atoms with Crippen LogP contribution in [-0.2, 0) is 16.0 Å². The zero-order valence-corrected chi connectivity index (χ0v) is 19.4. The van der Waals surface area contributed by atoms with E-state index in [4.69, 9.17) is 9.47 Å². The maximum Gasteiger partial charge on any atom is 0.278 e. The lowest BCUT2D eigenvalue weighted by Crippen LogP contribution is -2.34. The SMILES string of the molecule is CCCOc1cccc(NC2=C(c3ccc(OC)cc3)C(=O)N(CCc3ccccc3)C2=O)c1. The predicted molar refractivity (Wildman–Crippen MR) is 133 cm³/mol. The van der Waals surface area contributed by atoms with Crippen LogP contribution in [0.1, 0.15) is 24.5 Å². The van der Waals surface area contributed by atoms with Gasteiger partial charge in [0.1, 0.15) is 17.2 Å². The Morgan fingerprint density at radius 1 is 0.853 bits per heavy atom. The molecule has 3 aromatic carbocycles. The molecule has 0 saturated carbocycles. The summed E-state index contributed by atoms with van der Waals surface area (Å²) in [5, 5.41) is 3.20. The van der Waals surface area contributed by atoms with Gasteiger partial charge in [0.2, 0.25) is 0 Å². The summed E-state index contributed by atoms with van der Waals surface area (Å²) in [4.78, 5) is 28.2. The second-order valence-corrected chi connectivity index (χ2v) is 7.98. The highest BCUT2D eigenvalue weighted by atomic mass is 16.5. The summed E-state index contributed by atoms with van der Waals surface area (Å²) in [7, 11) is 1.59. The third-order valence-corrected chi connectivity index (χ3v) is 5.59. The van der Waals surface area contributed by atoms with Crippen LogP contribution in [0.15, 0.2) is 84.6 Å². The molecule has 0 radical (unpaired) electrons. The quantitative estimate of drug-likeness (QED) is 0.439. The second kappa shape index (κ2) is 10.7. The fourth-order valence-corrected chi connectivity index (χ4v) is 3.83. The number of imide groups is 1. The van der Waals surface area contributed by atoms with Crippen LogP contribution in [0.25, 0.3) is 5.57 Å². The lowest BCUT2D eigenvalue weighted by atomic mass is 10.0. The molecule has 1 aliphatic rings. The van der Waals surface area contributed by atoms with E-state index < -0.39 is 0 Å². The van der Waals surface area contributed by atoms with Gasteiger partial charge in [-0.25, -0.2) is 0 Å². The average molecular weight is 457 g/mol. The van der Waals surface area contributed by atoms with Crippen molar-refractivity contribution in [3.63, 3.8) is 0 Å². The molecule has 1 aliphatic heterocycles. The van der Waals surface area contributed by atoms with Gasteiger partial charge < -0.3 is 14.8 Å². The number of ether oxygens (including phenoxy) is 2. The molecule has 6 heteroatoms. The third-order valence-electron chi connectivity index (χ3n) is 5.59. The number of carbonyl (C=O) groups is 2. The molecule has 0 fully saturated rings. The van der Waals surface area contributed by atoms with Crippen molar-refractivity contribution in [2.75, 3.05) is 25.6 Å². The maximum absolute atomic E-state index is 13.5. The number of amides is 2. The fraction of sp³-hybridized carbons (Fsp3) is 0.214. The second-order valence-electron chi connectivity index (χ2n) is 7.98. The van der Waals surface area contributed by atoms with Crippen LogP contribution >= 0.6 is 0 Å². The maximum atomic E-state index is 13.5. The highest BCUT2D eigenvalue weighted by Gasteiger charge is 2.39. The standard InChI is InChI=1S/C28H28N2O4/c1-3-18-34-24-11-7-10-22(19-24)29-26-25(21-12-14-23(33-2)15-13-21)27(31)30(28(26)32)17-16-20-8-5-4-6-9-20/h4-15,19,29H,3,16-18H2,1-2H3. The molecule has 0 aliphatic carbocycles. The minimum atomic E-state index is -0.341. The van der Waals surface area contributed by atoms with Gasteiger partial charge in [0.05, 0.1) is 19.3 Å². The monoisotopic (exact) mass is 456 g/mol. The third kappa shape index (κ3) is 5.12. The summed E-state index contributed by atoms with van der Waals surface area (Å²) >= 11 is 0. The Bertz CT molecular complexity index is 1190. The number of nitrogens with zero attached hydrogens (tertiary/aromatic N) is 1. The van der Waals surface area contributed by atoms with E-state index in [1.54, 1.807) is 31.4 Å². The zero-order chi connectivity index (χ0) is 23.9. The lowest BCUT2D eigenvalue weighted by Gasteiger charge is -2.15. The number of rotatable bonds is 10. The van der Waals surface area contributed by atoms with Crippen molar-refractivity contribution in [1.82, 2.24) is 4.90 Å². The number of benzene rings is 3. The molecule has 1 N–H and O–H groups in total. The molecule has 0 saturated heterocycles. The summed E-state index contributed by atoms with van der Waals surface area (Å²) in [5.41, 5.74) is 3.01. The number of anilines is 1. The summed E-state index contributed by atoms with van der Waals surface area (Å²) in [6, 6.07) is 24.4. The van der Waals surface area contributed by atoms with Crippen molar-refractivity contribution in [2.45, 2.75) is 19.8 Å². The van der Waals surface area contributed by atoms with E-state index >= 15 is 0 Å². The molecule has 2 amide bonds. The highest BCUT2D eigenvalue weighted by Crippen LogP contribution is 2.32. The number of hydrogen-bond donors (Lipinski definition) is 1. The minimum absolute atomic E-state index is 0.260. The molecule has 174 valence electrons. The van der Waals surface area contributed by atoms with Crippen LogP contribution in [-0.4, -0.2) is 37.0 Å². The molecule has 0 atom stereocenters. The molecule has 0 spiro atoms. The summed E-state index contributed by atoms with van der Waals surface area (Å²) < 4.78 is 11.0.